The van der Waals surface area contributed by atoms with Gasteiger partial charge in [-0.25, -0.2) is 0 Å². The van der Waals surface area contributed by atoms with Crippen molar-refractivity contribution in [3.63, 3.8) is 0 Å². The van der Waals surface area contributed by atoms with Crippen molar-refractivity contribution in [3.05, 3.63) is 34.9 Å². The van der Waals surface area contributed by atoms with E-state index in [0.717, 1.165) is 31.2 Å². The van der Waals surface area contributed by atoms with E-state index in [4.69, 9.17) is 5.11 Å². The third-order valence-electron chi connectivity index (χ3n) is 4.63. The molecule has 1 saturated heterocycles. The third kappa shape index (κ3) is 3.09. The van der Waals surface area contributed by atoms with Gasteiger partial charge in [0.15, 0.2) is 0 Å². The number of fused-ring (bicyclic) bond motifs is 1. The Kier molecular flexibility index (Phi) is 3.95. The molecule has 1 atom stereocenters. The van der Waals surface area contributed by atoms with Gasteiger partial charge in [-0.05, 0) is 48.8 Å². The summed E-state index contributed by atoms with van der Waals surface area (Å²) in [4.78, 5) is 25.1. The van der Waals surface area contributed by atoms with Crippen LogP contribution in [0.15, 0.2) is 18.2 Å². The molecule has 0 aromatic heterocycles. The molecule has 1 unspecified atom stereocenters. The van der Waals surface area contributed by atoms with Crippen LogP contribution in [-0.2, 0) is 28.9 Å². The van der Waals surface area contributed by atoms with Gasteiger partial charge in [-0.3, -0.25) is 9.59 Å². The van der Waals surface area contributed by atoms with E-state index in [1.165, 1.54) is 17.5 Å². The number of benzene rings is 1. The first-order chi connectivity index (χ1) is 10.1. The summed E-state index contributed by atoms with van der Waals surface area (Å²) in [7, 11) is 0. The van der Waals surface area contributed by atoms with Crippen LogP contribution < -0.4 is 0 Å². The fraction of sp³-hybridized carbons (Fsp3) is 0.529. The lowest BCUT2D eigenvalue weighted by molar-refractivity contribution is -0.139. The van der Waals surface area contributed by atoms with Crippen molar-refractivity contribution >= 4 is 11.9 Å². The maximum Gasteiger partial charge on any atom is 0.305 e. The zero-order valence-electron chi connectivity index (χ0n) is 12.2. The predicted molar refractivity (Wildman–Crippen MR) is 79.2 cm³/mol. The summed E-state index contributed by atoms with van der Waals surface area (Å²) in [6, 6.07) is 6.22. The molecule has 1 aliphatic heterocycles. The number of carboxylic acids is 1. The Bertz CT molecular complexity index is 567. The van der Waals surface area contributed by atoms with Crippen LogP contribution in [0.4, 0.5) is 0 Å². The second kappa shape index (κ2) is 5.88. The van der Waals surface area contributed by atoms with Gasteiger partial charge in [-0.2, -0.15) is 0 Å². The highest BCUT2D eigenvalue weighted by atomic mass is 16.4. The molecule has 1 N–H and O–H groups in total. The molecule has 21 heavy (non-hydrogen) atoms. The zero-order chi connectivity index (χ0) is 14.8. The molecule has 1 aromatic rings. The summed E-state index contributed by atoms with van der Waals surface area (Å²) < 4.78 is 0. The number of carbonyl (C=O) groups is 2. The molecule has 3 rings (SSSR count). The number of rotatable bonds is 4. The normalized spacial score (nSPS) is 20.6. The minimum atomic E-state index is -0.822. The van der Waals surface area contributed by atoms with Crippen LogP contribution in [0.25, 0.3) is 0 Å². The smallest absolute Gasteiger partial charge is 0.305 e. The summed E-state index contributed by atoms with van der Waals surface area (Å²) in [6.07, 6.45) is 5.65. The number of carbonyl (C=O) groups excluding carboxylic acids is 1. The number of hydrogen-bond acceptors (Lipinski definition) is 2. The Morgan fingerprint density at radius 3 is 2.81 bits per heavy atom. The molecule has 1 heterocycles. The number of likely N-dealkylation sites (tertiary alicyclic amines) is 1. The van der Waals surface area contributed by atoms with Crippen LogP contribution in [0.2, 0.25) is 0 Å². The zero-order valence-corrected chi connectivity index (χ0v) is 12.2. The van der Waals surface area contributed by atoms with Crippen molar-refractivity contribution in [2.75, 3.05) is 6.54 Å². The van der Waals surface area contributed by atoms with Crippen molar-refractivity contribution < 1.29 is 14.7 Å². The fourth-order valence-corrected chi connectivity index (χ4v) is 3.59. The van der Waals surface area contributed by atoms with E-state index in [1.54, 1.807) is 4.90 Å². The number of hydrogen-bond donors (Lipinski definition) is 1. The molecule has 0 bridgehead atoms. The topological polar surface area (TPSA) is 57.6 Å². The SMILES string of the molecule is O=C(O)CC1CCCN1C(=O)Cc1ccc2c(c1)CCC2. The van der Waals surface area contributed by atoms with E-state index in [9.17, 15) is 9.59 Å². The molecule has 1 fully saturated rings. The first-order valence-corrected chi connectivity index (χ1v) is 7.75. The Morgan fingerprint density at radius 1 is 1.19 bits per heavy atom. The number of aliphatic carboxylic acids is 1. The number of amides is 1. The van der Waals surface area contributed by atoms with Gasteiger partial charge in [-0.1, -0.05) is 18.2 Å². The van der Waals surface area contributed by atoms with Crippen LogP contribution in [0.5, 0.6) is 0 Å². The number of nitrogens with zero attached hydrogens (tertiary/aromatic N) is 1. The minimum Gasteiger partial charge on any atom is -0.481 e. The summed E-state index contributed by atoms with van der Waals surface area (Å²) in [5.74, 6) is -0.756. The average molecular weight is 287 g/mol. The maximum atomic E-state index is 12.4. The quantitative estimate of drug-likeness (QED) is 0.923. The van der Waals surface area contributed by atoms with Crippen LogP contribution in [0.1, 0.15) is 42.4 Å². The molecular formula is C17H21NO3. The predicted octanol–water partition coefficient (Wildman–Crippen LogP) is 2.18. The van der Waals surface area contributed by atoms with Gasteiger partial charge in [0.05, 0.1) is 12.8 Å². The van der Waals surface area contributed by atoms with Crippen LogP contribution in [-0.4, -0.2) is 34.5 Å². The van der Waals surface area contributed by atoms with E-state index in [0.29, 0.717) is 13.0 Å². The van der Waals surface area contributed by atoms with Crippen molar-refractivity contribution in [3.8, 4) is 0 Å². The molecule has 0 saturated carbocycles. The molecule has 4 nitrogen and oxygen atoms in total. The molecule has 1 aromatic carbocycles. The first kappa shape index (κ1) is 14.1. The number of carboxylic acid groups (broad SMARTS) is 1. The molecule has 1 amide bonds. The molecule has 4 heteroatoms. The summed E-state index contributed by atoms with van der Waals surface area (Å²) in [6.45, 7) is 0.696. The van der Waals surface area contributed by atoms with E-state index in [1.807, 2.05) is 6.07 Å². The highest BCUT2D eigenvalue weighted by molar-refractivity contribution is 5.80. The lowest BCUT2D eigenvalue weighted by Gasteiger charge is -2.23. The molecular weight excluding hydrogens is 266 g/mol. The molecule has 112 valence electrons. The van der Waals surface area contributed by atoms with Gasteiger partial charge in [0.1, 0.15) is 0 Å². The molecule has 1 aliphatic carbocycles. The average Bonchev–Trinajstić information content (AvgIpc) is 3.06. The highest BCUT2D eigenvalue weighted by Gasteiger charge is 2.30. The van der Waals surface area contributed by atoms with Gasteiger partial charge in [0.25, 0.3) is 0 Å². The largest absolute Gasteiger partial charge is 0.481 e. The Hall–Kier alpha value is -1.84. The Morgan fingerprint density at radius 2 is 2.00 bits per heavy atom. The van der Waals surface area contributed by atoms with Crippen molar-refractivity contribution in [2.45, 2.75) is 51.0 Å². The van der Waals surface area contributed by atoms with Crippen LogP contribution in [0, 0.1) is 0 Å². The Balaban J connectivity index is 1.67. The second-order valence-electron chi connectivity index (χ2n) is 6.11. The van der Waals surface area contributed by atoms with Crippen molar-refractivity contribution in [1.29, 1.82) is 0 Å². The van der Waals surface area contributed by atoms with E-state index >= 15 is 0 Å². The van der Waals surface area contributed by atoms with Crippen LogP contribution in [0.3, 0.4) is 0 Å². The third-order valence-corrected chi connectivity index (χ3v) is 4.63. The standard InChI is InChI=1S/C17H21NO3/c19-16(18-8-2-5-15(18)11-17(20)21)10-12-6-7-13-3-1-4-14(13)9-12/h6-7,9,15H,1-5,8,10-11H2,(H,20,21). The fourth-order valence-electron chi connectivity index (χ4n) is 3.59. The van der Waals surface area contributed by atoms with E-state index < -0.39 is 5.97 Å². The van der Waals surface area contributed by atoms with Gasteiger partial charge >= 0.3 is 5.97 Å². The van der Waals surface area contributed by atoms with Gasteiger partial charge in [0, 0.05) is 12.6 Å². The molecule has 0 radical (unpaired) electrons. The summed E-state index contributed by atoms with van der Waals surface area (Å²) in [5, 5.41) is 8.93. The summed E-state index contributed by atoms with van der Waals surface area (Å²) in [5.41, 5.74) is 3.85. The lowest BCUT2D eigenvalue weighted by atomic mass is 10.0. The van der Waals surface area contributed by atoms with Gasteiger partial charge < -0.3 is 10.0 Å². The molecule has 0 spiro atoms. The van der Waals surface area contributed by atoms with E-state index in [-0.39, 0.29) is 18.4 Å². The lowest BCUT2D eigenvalue weighted by Crippen LogP contribution is -2.37. The molecule has 2 aliphatic rings. The van der Waals surface area contributed by atoms with Crippen molar-refractivity contribution in [2.24, 2.45) is 0 Å². The number of aryl methyl sites for hydroxylation is 2. The van der Waals surface area contributed by atoms with Crippen molar-refractivity contribution in [1.82, 2.24) is 4.90 Å². The van der Waals surface area contributed by atoms with Crippen LogP contribution >= 0.6 is 0 Å². The highest BCUT2D eigenvalue weighted by Crippen LogP contribution is 2.25. The summed E-state index contributed by atoms with van der Waals surface area (Å²) >= 11 is 0. The second-order valence-corrected chi connectivity index (χ2v) is 6.11. The Labute approximate surface area is 124 Å². The van der Waals surface area contributed by atoms with Gasteiger partial charge in [0.2, 0.25) is 5.91 Å². The van der Waals surface area contributed by atoms with Gasteiger partial charge in [-0.15, -0.1) is 0 Å². The minimum absolute atomic E-state index is 0.0654. The maximum absolute atomic E-state index is 12.4. The van der Waals surface area contributed by atoms with E-state index in [2.05, 4.69) is 12.1 Å². The monoisotopic (exact) mass is 287 g/mol. The first-order valence-electron chi connectivity index (χ1n) is 7.75.